The molecular weight excluding hydrogens is 386 g/mol. The van der Waals surface area contributed by atoms with Gasteiger partial charge in [-0.2, -0.15) is 5.10 Å². The minimum atomic E-state index is -1.25. The monoisotopic (exact) mass is 407 g/mol. The zero-order valence-electron chi connectivity index (χ0n) is 16.5. The number of nitrogens with one attached hydrogen (secondary N) is 1. The molecule has 0 aliphatic carbocycles. The summed E-state index contributed by atoms with van der Waals surface area (Å²) in [5.74, 6) is -0.749. The van der Waals surface area contributed by atoms with Crippen LogP contribution in [-0.4, -0.2) is 35.6 Å². The van der Waals surface area contributed by atoms with E-state index in [2.05, 4.69) is 10.5 Å². The third-order valence-corrected chi connectivity index (χ3v) is 5.04. The molecule has 0 saturated carbocycles. The van der Waals surface area contributed by atoms with Gasteiger partial charge in [-0.3, -0.25) is 15.0 Å². The summed E-state index contributed by atoms with van der Waals surface area (Å²) < 4.78 is 10.7. The first kappa shape index (κ1) is 19.6. The van der Waals surface area contributed by atoms with Crippen molar-refractivity contribution in [3.8, 4) is 5.75 Å². The minimum absolute atomic E-state index is 0.00126. The number of benzene rings is 2. The minimum Gasteiger partial charge on any atom is -0.494 e. The zero-order chi connectivity index (χ0) is 21.1. The maximum atomic E-state index is 13.1. The van der Waals surface area contributed by atoms with E-state index in [4.69, 9.17) is 9.47 Å². The van der Waals surface area contributed by atoms with Crippen LogP contribution >= 0.6 is 0 Å². The second-order valence-electron chi connectivity index (χ2n) is 7.13. The van der Waals surface area contributed by atoms with Gasteiger partial charge in [0.15, 0.2) is 0 Å². The number of nitrogens with zero attached hydrogens (tertiary/aromatic N) is 2. The molecule has 1 unspecified atom stereocenters. The summed E-state index contributed by atoms with van der Waals surface area (Å²) in [6, 6.07) is 16.0. The molecule has 2 aromatic carbocycles. The quantitative estimate of drug-likeness (QED) is 0.582. The average molecular weight is 407 g/mol. The lowest BCUT2D eigenvalue weighted by Gasteiger charge is -2.21. The third kappa shape index (κ3) is 3.63. The number of hydrazone groups is 1. The fourth-order valence-corrected chi connectivity index (χ4v) is 3.55. The summed E-state index contributed by atoms with van der Waals surface area (Å²) in [6.07, 6.45) is -0.0866. The van der Waals surface area contributed by atoms with Crippen LogP contribution in [-0.2, 0) is 25.7 Å². The van der Waals surface area contributed by atoms with E-state index in [-0.39, 0.29) is 31.1 Å². The molecule has 2 aliphatic heterocycles. The van der Waals surface area contributed by atoms with Crippen LogP contribution in [0.5, 0.6) is 5.75 Å². The van der Waals surface area contributed by atoms with Gasteiger partial charge in [-0.15, -0.1) is 0 Å². The number of ether oxygens (including phenoxy) is 2. The fourth-order valence-electron chi connectivity index (χ4n) is 3.55. The predicted molar refractivity (Wildman–Crippen MR) is 109 cm³/mol. The van der Waals surface area contributed by atoms with Crippen LogP contribution < -0.4 is 15.1 Å². The molecule has 8 heteroatoms. The number of carbonyl (C=O) groups excluding carboxylic acids is 3. The first-order chi connectivity index (χ1) is 14.5. The highest BCUT2D eigenvalue weighted by atomic mass is 16.5. The lowest BCUT2D eigenvalue weighted by molar-refractivity contribution is -0.136. The summed E-state index contributed by atoms with van der Waals surface area (Å²) >= 11 is 0. The van der Waals surface area contributed by atoms with Gasteiger partial charge in [0, 0.05) is 6.42 Å². The molecule has 1 saturated heterocycles. The lowest BCUT2D eigenvalue weighted by atomic mass is 9.93. The highest BCUT2D eigenvalue weighted by Crippen LogP contribution is 2.35. The molecule has 154 valence electrons. The second kappa shape index (κ2) is 7.98. The van der Waals surface area contributed by atoms with Crippen LogP contribution in [0.25, 0.3) is 0 Å². The summed E-state index contributed by atoms with van der Waals surface area (Å²) in [6.45, 7) is 2.50. The van der Waals surface area contributed by atoms with Crippen LogP contribution in [0.4, 0.5) is 5.69 Å². The van der Waals surface area contributed by atoms with E-state index in [1.165, 1.54) is 0 Å². The molecule has 30 heavy (non-hydrogen) atoms. The maximum Gasteiger partial charge on any atom is 0.354 e. The number of amides is 2. The van der Waals surface area contributed by atoms with Crippen LogP contribution in [0.1, 0.15) is 25.3 Å². The molecule has 0 aromatic heterocycles. The number of hydrogen-bond donors (Lipinski definition) is 1. The van der Waals surface area contributed by atoms with Crippen molar-refractivity contribution in [1.82, 2.24) is 5.43 Å². The highest BCUT2D eigenvalue weighted by Gasteiger charge is 2.56. The Hall–Kier alpha value is -3.68. The van der Waals surface area contributed by atoms with Crippen molar-refractivity contribution in [3.63, 3.8) is 0 Å². The molecule has 1 N–H and O–H groups in total. The van der Waals surface area contributed by atoms with Gasteiger partial charge in [0.1, 0.15) is 23.6 Å². The van der Waals surface area contributed by atoms with Crippen LogP contribution in [0.15, 0.2) is 59.7 Å². The van der Waals surface area contributed by atoms with E-state index >= 15 is 0 Å². The number of carbonyl (C=O) groups is 3. The molecule has 1 fully saturated rings. The Labute approximate surface area is 173 Å². The average Bonchev–Trinajstić information content (AvgIpc) is 3.29. The Morgan fingerprint density at radius 3 is 2.53 bits per heavy atom. The molecule has 2 aromatic rings. The standard InChI is InChI=1S/C22H21N3O5/c1-2-29-17-10-8-16(9-11-17)25-19(26)13-22(21(25)28)12-18(23-24-22)20(27)30-14-15-6-4-3-5-7-15/h3-11,24H,2,12-14H2,1H3. The van der Waals surface area contributed by atoms with Crippen molar-refractivity contribution in [2.75, 3.05) is 11.5 Å². The van der Waals surface area contributed by atoms with Gasteiger partial charge in [0.2, 0.25) is 5.91 Å². The Balaban J connectivity index is 1.43. The summed E-state index contributed by atoms with van der Waals surface area (Å²) in [5, 5.41) is 4.01. The van der Waals surface area contributed by atoms with Gasteiger partial charge in [-0.25, -0.2) is 9.69 Å². The van der Waals surface area contributed by atoms with E-state index in [9.17, 15) is 14.4 Å². The van der Waals surface area contributed by atoms with E-state index in [1.54, 1.807) is 24.3 Å². The SMILES string of the molecule is CCOc1ccc(N2C(=O)CC3(CC(C(=O)OCc4ccccc4)=NN3)C2=O)cc1. The van der Waals surface area contributed by atoms with Crippen molar-refractivity contribution in [2.45, 2.75) is 31.9 Å². The Morgan fingerprint density at radius 2 is 1.83 bits per heavy atom. The van der Waals surface area contributed by atoms with Gasteiger partial charge in [0.05, 0.1) is 18.7 Å². The van der Waals surface area contributed by atoms with Gasteiger partial charge in [-0.05, 0) is 36.8 Å². The van der Waals surface area contributed by atoms with Crippen LogP contribution in [0, 0.1) is 0 Å². The van der Waals surface area contributed by atoms with Crippen molar-refractivity contribution in [1.29, 1.82) is 0 Å². The highest BCUT2D eigenvalue weighted by molar-refractivity contribution is 6.39. The molecule has 0 radical (unpaired) electrons. The van der Waals surface area contributed by atoms with Crippen LogP contribution in [0.3, 0.4) is 0 Å². The van der Waals surface area contributed by atoms with E-state index < -0.39 is 17.4 Å². The van der Waals surface area contributed by atoms with Crippen molar-refractivity contribution >= 4 is 29.2 Å². The summed E-state index contributed by atoms with van der Waals surface area (Å²) in [5.41, 5.74) is 2.87. The third-order valence-electron chi connectivity index (χ3n) is 5.04. The number of rotatable bonds is 6. The smallest absolute Gasteiger partial charge is 0.354 e. The van der Waals surface area contributed by atoms with Crippen molar-refractivity contribution < 1.29 is 23.9 Å². The van der Waals surface area contributed by atoms with E-state index in [0.29, 0.717) is 18.0 Å². The van der Waals surface area contributed by atoms with E-state index in [0.717, 1.165) is 10.5 Å². The van der Waals surface area contributed by atoms with E-state index in [1.807, 2.05) is 37.3 Å². The Morgan fingerprint density at radius 1 is 1.10 bits per heavy atom. The zero-order valence-corrected chi connectivity index (χ0v) is 16.5. The topological polar surface area (TPSA) is 97.3 Å². The second-order valence-corrected chi connectivity index (χ2v) is 7.13. The first-order valence-corrected chi connectivity index (χ1v) is 9.67. The summed E-state index contributed by atoms with van der Waals surface area (Å²) in [4.78, 5) is 39.2. The van der Waals surface area contributed by atoms with Gasteiger partial charge in [-0.1, -0.05) is 30.3 Å². The molecule has 8 nitrogen and oxygen atoms in total. The molecular formula is C22H21N3O5. The Kier molecular flexibility index (Phi) is 5.22. The predicted octanol–water partition coefficient (Wildman–Crippen LogP) is 2.18. The molecule has 1 atom stereocenters. The molecule has 1 spiro atoms. The first-order valence-electron chi connectivity index (χ1n) is 9.67. The Bertz CT molecular complexity index is 1000. The normalized spacial score (nSPS) is 20.3. The summed E-state index contributed by atoms with van der Waals surface area (Å²) in [7, 11) is 0. The van der Waals surface area contributed by atoms with Crippen LogP contribution in [0.2, 0.25) is 0 Å². The largest absolute Gasteiger partial charge is 0.494 e. The number of esters is 1. The number of hydrogen-bond acceptors (Lipinski definition) is 7. The number of anilines is 1. The van der Waals surface area contributed by atoms with Gasteiger partial charge >= 0.3 is 5.97 Å². The molecule has 2 aliphatic rings. The molecule has 4 rings (SSSR count). The molecule has 2 heterocycles. The van der Waals surface area contributed by atoms with Crippen molar-refractivity contribution in [2.24, 2.45) is 5.10 Å². The van der Waals surface area contributed by atoms with Gasteiger partial charge < -0.3 is 9.47 Å². The van der Waals surface area contributed by atoms with Crippen molar-refractivity contribution in [3.05, 3.63) is 60.2 Å². The molecule has 2 amide bonds. The number of imide groups is 1. The fraction of sp³-hybridized carbons (Fsp3) is 0.273. The van der Waals surface area contributed by atoms with Gasteiger partial charge in [0.25, 0.3) is 5.91 Å². The lowest BCUT2D eigenvalue weighted by Crippen LogP contribution is -2.47. The molecule has 0 bridgehead atoms. The maximum absolute atomic E-state index is 13.1.